The van der Waals surface area contributed by atoms with Gasteiger partial charge in [0.15, 0.2) is 6.10 Å². The minimum atomic E-state index is -0.610. The third kappa shape index (κ3) is 3.99. The normalized spacial score (nSPS) is 12.0. The van der Waals surface area contributed by atoms with E-state index < -0.39 is 6.10 Å². The van der Waals surface area contributed by atoms with Crippen LogP contribution in [-0.4, -0.2) is 11.9 Å². The van der Waals surface area contributed by atoms with Crippen LogP contribution in [-0.2, 0) is 0 Å². The van der Waals surface area contributed by atoms with Crippen molar-refractivity contribution in [1.82, 2.24) is 0 Å². The zero-order valence-electron chi connectivity index (χ0n) is 12.1. The summed E-state index contributed by atoms with van der Waals surface area (Å²) < 4.78 is 5.64. The highest BCUT2D eigenvalue weighted by Crippen LogP contribution is 2.25. The van der Waals surface area contributed by atoms with Gasteiger partial charge in [-0.15, -0.1) is 0 Å². The van der Waals surface area contributed by atoms with E-state index in [1.54, 1.807) is 25.1 Å². The van der Waals surface area contributed by atoms with Gasteiger partial charge in [-0.05, 0) is 56.2 Å². The molecule has 0 aliphatic heterocycles. The number of ether oxygens (including phenoxy) is 1. The fourth-order valence-electron chi connectivity index (χ4n) is 1.98. The van der Waals surface area contributed by atoms with Crippen molar-refractivity contribution in [3.8, 4) is 5.75 Å². The molecular weight excluding hydrogens is 307 g/mol. The Labute approximate surface area is 134 Å². The Hall–Kier alpha value is -1.51. The van der Waals surface area contributed by atoms with Gasteiger partial charge in [0.05, 0.1) is 0 Å². The monoisotopic (exact) mass is 322 g/mol. The van der Waals surface area contributed by atoms with E-state index in [9.17, 15) is 4.79 Å². The van der Waals surface area contributed by atoms with Crippen molar-refractivity contribution in [3.05, 3.63) is 63.1 Å². The molecule has 2 aromatic carbocycles. The Kier molecular flexibility index (Phi) is 4.92. The number of aryl methyl sites for hydroxylation is 2. The van der Waals surface area contributed by atoms with Crippen LogP contribution in [0.1, 0.15) is 28.4 Å². The molecular formula is C17H16Cl2O2. The lowest BCUT2D eigenvalue weighted by Crippen LogP contribution is -2.24. The van der Waals surface area contributed by atoms with Gasteiger partial charge in [0.2, 0.25) is 5.78 Å². The number of ketones is 1. The molecule has 21 heavy (non-hydrogen) atoms. The molecule has 2 rings (SSSR count). The number of Topliss-reactive ketones (excluding diaryl/α,β-unsaturated/α-hetero) is 1. The van der Waals surface area contributed by atoms with Gasteiger partial charge >= 0.3 is 0 Å². The SMILES string of the molecule is Cc1ccc(C(=O)C(C)Oc2cc(Cl)cc(Cl)c2)cc1C. The van der Waals surface area contributed by atoms with Gasteiger partial charge < -0.3 is 4.74 Å². The molecule has 0 aromatic heterocycles. The Morgan fingerprint density at radius 1 is 1.00 bits per heavy atom. The van der Waals surface area contributed by atoms with Gasteiger partial charge in [0, 0.05) is 15.6 Å². The molecule has 0 fully saturated rings. The molecule has 0 saturated heterocycles. The number of hydrogen-bond acceptors (Lipinski definition) is 2. The molecule has 0 amide bonds. The third-order valence-corrected chi connectivity index (χ3v) is 3.75. The van der Waals surface area contributed by atoms with Crippen LogP contribution in [0.5, 0.6) is 5.75 Å². The highest BCUT2D eigenvalue weighted by atomic mass is 35.5. The Balaban J connectivity index is 2.17. The van der Waals surface area contributed by atoms with Crippen LogP contribution < -0.4 is 4.74 Å². The second kappa shape index (κ2) is 6.50. The zero-order chi connectivity index (χ0) is 15.6. The third-order valence-electron chi connectivity index (χ3n) is 3.31. The first-order valence-corrected chi connectivity index (χ1v) is 7.36. The lowest BCUT2D eigenvalue weighted by atomic mass is 10.0. The highest BCUT2D eigenvalue weighted by Gasteiger charge is 2.17. The summed E-state index contributed by atoms with van der Waals surface area (Å²) in [5, 5.41) is 0.951. The van der Waals surface area contributed by atoms with Crippen LogP contribution in [0.2, 0.25) is 10.0 Å². The minimum Gasteiger partial charge on any atom is -0.482 e. The number of benzene rings is 2. The Morgan fingerprint density at radius 3 is 2.19 bits per heavy atom. The molecule has 4 heteroatoms. The van der Waals surface area contributed by atoms with Crippen molar-refractivity contribution in [3.63, 3.8) is 0 Å². The number of hydrogen-bond donors (Lipinski definition) is 0. The van der Waals surface area contributed by atoms with Gasteiger partial charge in [-0.25, -0.2) is 0 Å². The van der Waals surface area contributed by atoms with Crippen molar-refractivity contribution in [2.75, 3.05) is 0 Å². The van der Waals surface area contributed by atoms with Crippen molar-refractivity contribution < 1.29 is 9.53 Å². The van der Waals surface area contributed by atoms with Crippen LogP contribution in [0, 0.1) is 13.8 Å². The lowest BCUT2D eigenvalue weighted by molar-refractivity contribution is 0.0818. The number of halogens is 2. The summed E-state index contributed by atoms with van der Waals surface area (Å²) in [5.74, 6) is 0.409. The first-order valence-electron chi connectivity index (χ1n) is 6.61. The summed E-state index contributed by atoms with van der Waals surface area (Å²) in [5.41, 5.74) is 2.87. The summed E-state index contributed by atoms with van der Waals surface area (Å²) >= 11 is 11.8. The van der Waals surface area contributed by atoms with Gasteiger partial charge in [-0.1, -0.05) is 35.3 Å². The topological polar surface area (TPSA) is 26.3 Å². The van der Waals surface area contributed by atoms with Gasteiger partial charge in [-0.2, -0.15) is 0 Å². The Bertz CT molecular complexity index is 660. The largest absolute Gasteiger partial charge is 0.482 e. The van der Waals surface area contributed by atoms with E-state index in [4.69, 9.17) is 27.9 Å². The molecule has 0 aliphatic carbocycles. The van der Waals surface area contributed by atoms with E-state index in [1.165, 1.54) is 0 Å². The van der Waals surface area contributed by atoms with Crippen LogP contribution in [0.3, 0.4) is 0 Å². The predicted octanol–water partition coefficient (Wildman–Crippen LogP) is 5.26. The maximum absolute atomic E-state index is 12.4. The van der Waals surface area contributed by atoms with E-state index in [0.717, 1.165) is 11.1 Å². The van der Waals surface area contributed by atoms with E-state index >= 15 is 0 Å². The van der Waals surface area contributed by atoms with Gasteiger partial charge in [-0.3, -0.25) is 4.79 Å². The fourth-order valence-corrected chi connectivity index (χ4v) is 2.49. The molecule has 0 N–H and O–H groups in total. The summed E-state index contributed by atoms with van der Waals surface area (Å²) in [6, 6.07) is 10.5. The molecule has 0 bridgehead atoms. The van der Waals surface area contributed by atoms with Crippen LogP contribution >= 0.6 is 23.2 Å². The first kappa shape index (κ1) is 15.9. The molecule has 0 aliphatic rings. The quantitative estimate of drug-likeness (QED) is 0.717. The van der Waals surface area contributed by atoms with Crippen LogP contribution in [0.25, 0.3) is 0 Å². The summed E-state index contributed by atoms with van der Waals surface area (Å²) in [4.78, 5) is 12.4. The summed E-state index contributed by atoms with van der Waals surface area (Å²) in [6.45, 7) is 5.71. The van der Waals surface area contributed by atoms with Crippen molar-refractivity contribution in [1.29, 1.82) is 0 Å². The molecule has 0 spiro atoms. The molecule has 0 saturated carbocycles. The van der Waals surface area contributed by atoms with E-state index in [0.29, 0.717) is 21.4 Å². The van der Waals surface area contributed by atoms with Crippen LogP contribution in [0.4, 0.5) is 0 Å². The number of carbonyl (C=O) groups is 1. The number of rotatable bonds is 4. The molecule has 1 unspecified atom stereocenters. The smallest absolute Gasteiger partial charge is 0.203 e. The maximum Gasteiger partial charge on any atom is 0.203 e. The molecule has 0 heterocycles. The fraction of sp³-hybridized carbons (Fsp3) is 0.235. The molecule has 1 atom stereocenters. The van der Waals surface area contributed by atoms with E-state index in [2.05, 4.69) is 0 Å². The minimum absolute atomic E-state index is 0.0748. The lowest BCUT2D eigenvalue weighted by Gasteiger charge is -2.15. The van der Waals surface area contributed by atoms with Gasteiger partial charge in [0.25, 0.3) is 0 Å². The first-order chi connectivity index (χ1) is 9.86. The summed E-state index contributed by atoms with van der Waals surface area (Å²) in [6.07, 6.45) is -0.610. The second-order valence-electron chi connectivity index (χ2n) is 5.03. The molecule has 110 valence electrons. The highest BCUT2D eigenvalue weighted by molar-refractivity contribution is 6.34. The van der Waals surface area contributed by atoms with E-state index in [1.807, 2.05) is 32.0 Å². The predicted molar refractivity (Wildman–Crippen MR) is 86.8 cm³/mol. The standard InChI is InChI=1S/C17H16Cl2O2/c1-10-4-5-13(6-11(10)2)17(20)12(3)21-16-8-14(18)7-15(19)9-16/h4-9,12H,1-3H3. The van der Waals surface area contributed by atoms with Gasteiger partial charge in [0.1, 0.15) is 5.75 Å². The zero-order valence-corrected chi connectivity index (χ0v) is 13.6. The maximum atomic E-state index is 12.4. The molecule has 0 radical (unpaired) electrons. The molecule has 2 aromatic rings. The van der Waals surface area contributed by atoms with Crippen molar-refractivity contribution >= 4 is 29.0 Å². The van der Waals surface area contributed by atoms with Crippen LogP contribution in [0.15, 0.2) is 36.4 Å². The van der Waals surface area contributed by atoms with Crippen molar-refractivity contribution in [2.24, 2.45) is 0 Å². The van der Waals surface area contributed by atoms with E-state index in [-0.39, 0.29) is 5.78 Å². The second-order valence-corrected chi connectivity index (χ2v) is 5.90. The van der Waals surface area contributed by atoms with Crippen molar-refractivity contribution in [2.45, 2.75) is 26.9 Å². The average Bonchev–Trinajstić information content (AvgIpc) is 2.39. The molecule has 2 nitrogen and oxygen atoms in total. The summed E-state index contributed by atoms with van der Waals surface area (Å²) in [7, 11) is 0. The Morgan fingerprint density at radius 2 is 1.62 bits per heavy atom. The average molecular weight is 323 g/mol. The number of carbonyl (C=O) groups excluding carboxylic acids is 1.